The van der Waals surface area contributed by atoms with Crippen molar-refractivity contribution < 1.29 is 0 Å². The maximum Gasteiger partial charge on any atom is 0.132 e. The first-order valence-corrected chi connectivity index (χ1v) is 7.17. The molecule has 1 atom stereocenters. The molecule has 1 aliphatic rings. The van der Waals surface area contributed by atoms with Gasteiger partial charge in [-0.15, -0.1) is 0 Å². The van der Waals surface area contributed by atoms with Gasteiger partial charge in [-0.1, -0.05) is 37.6 Å². The van der Waals surface area contributed by atoms with Crippen molar-refractivity contribution in [2.24, 2.45) is 0 Å². The Kier molecular flexibility index (Phi) is 4.57. The molecule has 1 aliphatic heterocycles. The minimum Gasteiger partial charge on any atom is -0.314 e. The largest absolute Gasteiger partial charge is 0.314 e. The standard InChI is InChI=1S/C16H23N3/c1-3-4-14-5-7-15(8-6-14)16(2,13-17)19-11-9-18-10-12-19/h5-8,18H,3-4,9-12H2,1-2H3. The Morgan fingerprint density at radius 2 is 1.89 bits per heavy atom. The highest BCUT2D eigenvalue weighted by molar-refractivity contribution is 5.33. The van der Waals surface area contributed by atoms with E-state index < -0.39 is 5.54 Å². The van der Waals surface area contributed by atoms with Crippen molar-refractivity contribution in [2.75, 3.05) is 26.2 Å². The molecule has 0 saturated carbocycles. The highest BCUT2D eigenvalue weighted by atomic mass is 15.2. The Balaban J connectivity index is 2.22. The molecule has 3 nitrogen and oxygen atoms in total. The molecule has 1 unspecified atom stereocenters. The summed E-state index contributed by atoms with van der Waals surface area (Å²) in [7, 11) is 0. The third-order valence-corrected chi connectivity index (χ3v) is 4.02. The van der Waals surface area contributed by atoms with Crippen LogP contribution in [0.5, 0.6) is 0 Å². The van der Waals surface area contributed by atoms with Gasteiger partial charge >= 0.3 is 0 Å². The van der Waals surface area contributed by atoms with Crippen LogP contribution in [0, 0.1) is 11.3 Å². The fraction of sp³-hybridized carbons (Fsp3) is 0.562. The fourth-order valence-corrected chi connectivity index (χ4v) is 2.71. The normalized spacial score (nSPS) is 19.6. The van der Waals surface area contributed by atoms with Crippen LogP contribution in [0.3, 0.4) is 0 Å². The van der Waals surface area contributed by atoms with E-state index in [2.05, 4.69) is 47.5 Å². The predicted octanol–water partition coefficient (Wildman–Crippen LogP) is 2.28. The first-order valence-electron chi connectivity index (χ1n) is 7.17. The van der Waals surface area contributed by atoms with Crippen molar-refractivity contribution in [3.8, 4) is 6.07 Å². The molecule has 0 spiro atoms. The number of aryl methyl sites for hydroxylation is 1. The summed E-state index contributed by atoms with van der Waals surface area (Å²) in [6.07, 6.45) is 2.27. The third-order valence-electron chi connectivity index (χ3n) is 4.02. The first kappa shape index (κ1) is 14.0. The third kappa shape index (κ3) is 2.97. The summed E-state index contributed by atoms with van der Waals surface area (Å²) in [5, 5.41) is 13.0. The zero-order chi connectivity index (χ0) is 13.7. The molecule has 102 valence electrons. The summed E-state index contributed by atoms with van der Waals surface area (Å²) in [6, 6.07) is 11.1. The average molecular weight is 257 g/mol. The lowest BCUT2D eigenvalue weighted by molar-refractivity contribution is 0.132. The van der Waals surface area contributed by atoms with E-state index in [0.717, 1.165) is 44.6 Å². The maximum absolute atomic E-state index is 9.65. The Hall–Kier alpha value is -1.37. The van der Waals surface area contributed by atoms with Crippen LogP contribution in [0.25, 0.3) is 0 Å². The summed E-state index contributed by atoms with van der Waals surface area (Å²) in [6.45, 7) is 8.01. The molecule has 0 aromatic heterocycles. The van der Waals surface area contributed by atoms with Gasteiger partial charge in [0, 0.05) is 26.2 Å². The van der Waals surface area contributed by atoms with Gasteiger partial charge < -0.3 is 5.32 Å². The van der Waals surface area contributed by atoms with Crippen molar-refractivity contribution in [2.45, 2.75) is 32.2 Å². The molecule has 3 heteroatoms. The number of piperazine rings is 1. The van der Waals surface area contributed by atoms with Gasteiger partial charge in [-0.3, -0.25) is 4.90 Å². The minimum absolute atomic E-state index is 0.507. The van der Waals surface area contributed by atoms with E-state index in [1.54, 1.807) is 0 Å². The van der Waals surface area contributed by atoms with E-state index in [9.17, 15) is 5.26 Å². The van der Waals surface area contributed by atoms with Crippen LogP contribution in [0.15, 0.2) is 24.3 Å². The monoisotopic (exact) mass is 257 g/mol. The lowest BCUT2D eigenvalue weighted by Crippen LogP contribution is -2.52. The van der Waals surface area contributed by atoms with Crippen LogP contribution in [0.4, 0.5) is 0 Å². The number of rotatable bonds is 4. The van der Waals surface area contributed by atoms with Gasteiger partial charge in [0.2, 0.25) is 0 Å². The highest BCUT2D eigenvalue weighted by Gasteiger charge is 2.34. The van der Waals surface area contributed by atoms with E-state index in [-0.39, 0.29) is 0 Å². The Morgan fingerprint density at radius 1 is 1.26 bits per heavy atom. The van der Waals surface area contributed by atoms with Gasteiger partial charge in [0.25, 0.3) is 0 Å². The maximum atomic E-state index is 9.65. The molecule has 2 rings (SSSR count). The van der Waals surface area contributed by atoms with E-state index in [4.69, 9.17) is 0 Å². The molecule has 19 heavy (non-hydrogen) atoms. The van der Waals surface area contributed by atoms with Gasteiger partial charge in [-0.25, -0.2) is 0 Å². The van der Waals surface area contributed by atoms with E-state index in [1.807, 2.05) is 6.92 Å². The molecule has 1 saturated heterocycles. The minimum atomic E-state index is -0.507. The molecule has 1 aromatic rings. The molecule has 1 N–H and O–H groups in total. The van der Waals surface area contributed by atoms with E-state index in [0.29, 0.717) is 0 Å². The molecule has 1 aromatic carbocycles. The number of nitriles is 1. The molecule has 0 bridgehead atoms. The predicted molar refractivity (Wildman–Crippen MR) is 77.8 cm³/mol. The number of nitrogens with zero attached hydrogens (tertiary/aromatic N) is 2. The first-order chi connectivity index (χ1) is 9.20. The Labute approximate surface area is 116 Å². The van der Waals surface area contributed by atoms with E-state index >= 15 is 0 Å². The van der Waals surface area contributed by atoms with Crippen molar-refractivity contribution >= 4 is 0 Å². The molecule has 0 radical (unpaired) electrons. The molecule has 0 amide bonds. The second-order valence-electron chi connectivity index (χ2n) is 5.37. The van der Waals surface area contributed by atoms with Crippen LogP contribution in [-0.2, 0) is 12.0 Å². The van der Waals surface area contributed by atoms with Gasteiger partial charge in [0.1, 0.15) is 5.54 Å². The second-order valence-corrected chi connectivity index (χ2v) is 5.37. The van der Waals surface area contributed by atoms with Crippen LogP contribution in [0.1, 0.15) is 31.4 Å². The Bertz CT molecular complexity index is 440. The Morgan fingerprint density at radius 3 is 2.42 bits per heavy atom. The van der Waals surface area contributed by atoms with Gasteiger partial charge in [-0.2, -0.15) is 5.26 Å². The van der Waals surface area contributed by atoms with Crippen LogP contribution >= 0.6 is 0 Å². The fourth-order valence-electron chi connectivity index (χ4n) is 2.71. The van der Waals surface area contributed by atoms with Gasteiger partial charge in [0.05, 0.1) is 6.07 Å². The van der Waals surface area contributed by atoms with Crippen molar-refractivity contribution in [1.29, 1.82) is 5.26 Å². The van der Waals surface area contributed by atoms with Gasteiger partial charge in [-0.05, 0) is 24.5 Å². The molecule has 1 heterocycles. The quantitative estimate of drug-likeness (QED) is 0.899. The topological polar surface area (TPSA) is 39.1 Å². The lowest BCUT2D eigenvalue weighted by Gasteiger charge is -2.39. The SMILES string of the molecule is CCCc1ccc(C(C)(C#N)N2CCNCC2)cc1. The van der Waals surface area contributed by atoms with Crippen LogP contribution in [-0.4, -0.2) is 31.1 Å². The summed E-state index contributed by atoms with van der Waals surface area (Å²) in [5.74, 6) is 0. The van der Waals surface area contributed by atoms with Crippen molar-refractivity contribution in [1.82, 2.24) is 10.2 Å². The van der Waals surface area contributed by atoms with Crippen molar-refractivity contribution in [3.63, 3.8) is 0 Å². The van der Waals surface area contributed by atoms with Gasteiger partial charge in [0.15, 0.2) is 0 Å². The summed E-state index contributed by atoms with van der Waals surface area (Å²) in [5.41, 5.74) is 1.95. The average Bonchev–Trinajstić information content (AvgIpc) is 2.48. The zero-order valence-electron chi connectivity index (χ0n) is 11.9. The molecule has 1 fully saturated rings. The number of hydrogen-bond donors (Lipinski definition) is 1. The smallest absolute Gasteiger partial charge is 0.132 e. The molecular formula is C16H23N3. The summed E-state index contributed by atoms with van der Waals surface area (Å²) < 4.78 is 0. The highest BCUT2D eigenvalue weighted by Crippen LogP contribution is 2.28. The van der Waals surface area contributed by atoms with Crippen molar-refractivity contribution in [3.05, 3.63) is 35.4 Å². The zero-order valence-corrected chi connectivity index (χ0v) is 11.9. The summed E-state index contributed by atoms with van der Waals surface area (Å²) in [4.78, 5) is 2.28. The lowest BCUT2D eigenvalue weighted by atomic mass is 9.90. The van der Waals surface area contributed by atoms with Crippen LogP contribution < -0.4 is 5.32 Å². The number of benzene rings is 1. The van der Waals surface area contributed by atoms with Crippen LogP contribution in [0.2, 0.25) is 0 Å². The summed E-state index contributed by atoms with van der Waals surface area (Å²) >= 11 is 0. The molecular weight excluding hydrogens is 234 g/mol. The second kappa shape index (κ2) is 6.18. The van der Waals surface area contributed by atoms with E-state index in [1.165, 1.54) is 5.56 Å². The number of nitrogens with one attached hydrogen (secondary N) is 1. The molecule has 0 aliphatic carbocycles. The number of hydrogen-bond acceptors (Lipinski definition) is 3.